The van der Waals surface area contributed by atoms with Crippen LogP contribution in [-0.2, 0) is 11.2 Å². The van der Waals surface area contributed by atoms with Crippen molar-refractivity contribution in [2.45, 2.75) is 32.1 Å². The molecular weight excluding hydrogens is 405 g/mol. The molecule has 0 aliphatic carbocycles. The van der Waals surface area contributed by atoms with E-state index in [1.54, 1.807) is 30.6 Å². The van der Waals surface area contributed by atoms with Gasteiger partial charge in [0, 0.05) is 25.5 Å². The van der Waals surface area contributed by atoms with E-state index >= 15 is 0 Å². The molecule has 2 aromatic heterocycles. The fraction of sp³-hybridized carbons (Fsp3) is 0.381. The minimum Gasteiger partial charge on any atom is -0.341 e. The maximum atomic E-state index is 13.7. The molecule has 2 aliphatic heterocycles. The fourth-order valence-corrected chi connectivity index (χ4v) is 4.40. The lowest BCUT2D eigenvalue weighted by Crippen LogP contribution is -2.35. The van der Waals surface area contributed by atoms with Crippen LogP contribution in [0.15, 0.2) is 35.5 Å². The number of amides is 2. The van der Waals surface area contributed by atoms with Crippen LogP contribution >= 0.6 is 11.8 Å². The lowest BCUT2D eigenvalue weighted by molar-refractivity contribution is -0.115. The number of piperidine rings is 1. The molecule has 0 atom stereocenters. The van der Waals surface area contributed by atoms with E-state index in [1.165, 1.54) is 6.07 Å². The van der Waals surface area contributed by atoms with E-state index in [9.17, 15) is 14.0 Å². The highest BCUT2D eigenvalue weighted by atomic mass is 32.2. The third-order valence-corrected chi connectivity index (χ3v) is 6.15. The monoisotopic (exact) mass is 427 g/mol. The Hall–Kier alpha value is -2.81. The van der Waals surface area contributed by atoms with Crippen molar-refractivity contribution in [2.75, 3.05) is 18.0 Å². The Bertz CT molecular complexity index is 975. The summed E-state index contributed by atoms with van der Waals surface area (Å²) in [5.41, 5.74) is 1.15. The highest BCUT2D eigenvalue weighted by Gasteiger charge is 2.25. The molecule has 2 saturated heterocycles. The Morgan fingerprint density at radius 3 is 2.77 bits per heavy atom. The molecule has 0 unspecified atom stereocenters. The van der Waals surface area contributed by atoms with Gasteiger partial charge in [0.2, 0.25) is 5.95 Å². The minimum absolute atomic E-state index is 0.225. The van der Waals surface area contributed by atoms with E-state index in [2.05, 4.69) is 25.2 Å². The molecule has 4 rings (SSSR count). The highest BCUT2D eigenvalue weighted by molar-refractivity contribution is 8.18. The topological polar surface area (TPSA) is 88.1 Å². The summed E-state index contributed by atoms with van der Waals surface area (Å²) in [5.74, 6) is 0.615. The predicted octanol–water partition coefficient (Wildman–Crippen LogP) is 3.57. The van der Waals surface area contributed by atoms with Gasteiger partial charge in [0.15, 0.2) is 0 Å². The van der Waals surface area contributed by atoms with E-state index in [1.807, 2.05) is 0 Å². The van der Waals surface area contributed by atoms with Gasteiger partial charge in [0.1, 0.15) is 5.82 Å². The van der Waals surface area contributed by atoms with E-state index in [4.69, 9.17) is 0 Å². The zero-order valence-electron chi connectivity index (χ0n) is 16.4. The SMILES string of the molecule is O=C1NC(=O)/C(=C/c2ccnc(N3CCC(CCCc4ncccc4F)CC3)n2)S1. The quantitative estimate of drug-likeness (QED) is 0.705. The number of anilines is 1. The fourth-order valence-electron chi connectivity index (χ4n) is 3.73. The Balaban J connectivity index is 1.29. The van der Waals surface area contributed by atoms with Crippen molar-refractivity contribution in [1.82, 2.24) is 20.3 Å². The van der Waals surface area contributed by atoms with Gasteiger partial charge in [-0.15, -0.1) is 0 Å². The van der Waals surface area contributed by atoms with Crippen LogP contribution in [0, 0.1) is 11.7 Å². The average Bonchev–Trinajstić information content (AvgIpc) is 3.07. The lowest BCUT2D eigenvalue weighted by atomic mass is 9.91. The molecule has 2 aliphatic rings. The average molecular weight is 428 g/mol. The van der Waals surface area contributed by atoms with Gasteiger partial charge < -0.3 is 4.90 Å². The molecule has 9 heteroatoms. The van der Waals surface area contributed by atoms with Crippen molar-refractivity contribution in [3.05, 3.63) is 52.7 Å². The number of hydrogen-bond acceptors (Lipinski definition) is 7. The summed E-state index contributed by atoms with van der Waals surface area (Å²) < 4.78 is 13.7. The van der Waals surface area contributed by atoms with Crippen LogP contribution in [0.25, 0.3) is 6.08 Å². The number of pyridine rings is 1. The number of aromatic nitrogens is 3. The van der Waals surface area contributed by atoms with Crippen LogP contribution in [0.1, 0.15) is 37.1 Å². The van der Waals surface area contributed by atoms with E-state index in [0.29, 0.717) is 34.6 Å². The van der Waals surface area contributed by atoms with Crippen molar-refractivity contribution >= 4 is 34.9 Å². The molecule has 0 radical (unpaired) electrons. The number of hydrogen-bond donors (Lipinski definition) is 1. The first-order valence-corrected chi connectivity index (χ1v) is 10.8. The molecule has 1 N–H and O–H groups in total. The summed E-state index contributed by atoms with van der Waals surface area (Å²) in [4.78, 5) is 38.5. The summed E-state index contributed by atoms with van der Waals surface area (Å²) in [6.07, 6.45) is 9.63. The summed E-state index contributed by atoms with van der Waals surface area (Å²) in [6.45, 7) is 1.72. The van der Waals surface area contributed by atoms with Crippen LogP contribution in [-0.4, -0.2) is 39.2 Å². The van der Waals surface area contributed by atoms with Gasteiger partial charge in [-0.3, -0.25) is 19.9 Å². The molecule has 4 heterocycles. The standard InChI is InChI=1S/C21H22FN5O2S/c22-16-4-2-9-23-17(16)5-1-3-14-7-11-27(12-8-14)20-24-10-6-15(25-20)13-18-19(28)26-21(29)30-18/h2,4,6,9-10,13-14H,1,3,5,7-8,11-12H2,(H,26,28,29)/b18-13-. The van der Waals surface area contributed by atoms with Gasteiger partial charge in [0.25, 0.3) is 11.1 Å². The molecular formula is C21H22FN5O2S. The summed E-state index contributed by atoms with van der Waals surface area (Å²) in [5, 5.41) is 1.87. The summed E-state index contributed by atoms with van der Waals surface area (Å²) in [6, 6.07) is 4.79. The molecule has 0 aromatic carbocycles. The van der Waals surface area contributed by atoms with Gasteiger partial charge >= 0.3 is 0 Å². The Kier molecular flexibility index (Phi) is 6.37. The predicted molar refractivity (Wildman–Crippen MR) is 113 cm³/mol. The lowest BCUT2D eigenvalue weighted by Gasteiger charge is -2.32. The first-order valence-electron chi connectivity index (χ1n) is 10.0. The molecule has 2 amide bonds. The number of nitrogens with one attached hydrogen (secondary N) is 1. The first kappa shape index (κ1) is 20.5. The first-order chi connectivity index (χ1) is 14.6. The second kappa shape index (κ2) is 9.34. The van der Waals surface area contributed by atoms with Crippen LogP contribution in [0.5, 0.6) is 0 Å². The van der Waals surface area contributed by atoms with Gasteiger partial charge in [-0.05, 0) is 74.1 Å². The van der Waals surface area contributed by atoms with Crippen molar-refractivity contribution in [2.24, 2.45) is 5.92 Å². The molecule has 156 valence electrons. The highest BCUT2D eigenvalue weighted by Crippen LogP contribution is 2.27. The van der Waals surface area contributed by atoms with Crippen molar-refractivity contribution in [3.8, 4) is 0 Å². The Morgan fingerprint density at radius 2 is 2.03 bits per heavy atom. The number of nitrogens with zero attached hydrogens (tertiary/aromatic N) is 4. The van der Waals surface area contributed by atoms with Gasteiger partial charge in [0.05, 0.1) is 16.3 Å². The van der Waals surface area contributed by atoms with Gasteiger partial charge in [-0.2, -0.15) is 0 Å². The zero-order valence-corrected chi connectivity index (χ0v) is 17.2. The van der Waals surface area contributed by atoms with Gasteiger partial charge in [-0.1, -0.05) is 0 Å². The zero-order chi connectivity index (χ0) is 20.9. The third kappa shape index (κ3) is 5.02. The molecule has 0 saturated carbocycles. The minimum atomic E-state index is -0.392. The van der Waals surface area contributed by atoms with E-state index in [0.717, 1.165) is 50.5 Å². The van der Waals surface area contributed by atoms with Crippen LogP contribution < -0.4 is 10.2 Å². The number of aryl methyl sites for hydroxylation is 1. The van der Waals surface area contributed by atoms with Crippen LogP contribution in [0.3, 0.4) is 0 Å². The second-order valence-corrected chi connectivity index (χ2v) is 8.40. The Morgan fingerprint density at radius 1 is 1.20 bits per heavy atom. The largest absolute Gasteiger partial charge is 0.341 e. The van der Waals surface area contributed by atoms with Crippen LogP contribution in [0.4, 0.5) is 15.1 Å². The molecule has 30 heavy (non-hydrogen) atoms. The number of halogens is 1. The molecule has 7 nitrogen and oxygen atoms in total. The van der Waals surface area contributed by atoms with Crippen LogP contribution in [0.2, 0.25) is 0 Å². The normalized spacial score (nSPS) is 18.8. The molecule has 0 spiro atoms. The summed E-state index contributed by atoms with van der Waals surface area (Å²) in [7, 11) is 0. The number of carbonyl (C=O) groups excluding carboxylic acids is 2. The van der Waals surface area contributed by atoms with Crippen molar-refractivity contribution in [1.29, 1.82) is 0 Å². The number of imide groups is 1. The number of rotatable bonds is 6. The van der Waals surface area contributed by atoms with E-state index in [-0.39, 0.29) is 11.1 Å². The molecule has 0 bridgehead atoms. The Labute approximate surface area is 178 Å². The second-order valence-electron chi connectivity index (χ2n) is 7.39. The smallest absolute Gasteiger partial charge is 0.290 e. The van der Waals surface area contributed by atoms with Crippen molar-refractivity contribution in [3.63, 3.8) is 0 Å². The summed E-state index contributed by atoms with van der Waals surface area (Å²) >= 11 is 0.877. The van der Waals surface area contributed by atoms with Crippen molar-refractivity contribution < 1.29 is 14.0 Å². The molecule has 2 fully saturated rings. The maximum absolute atomic E-state index is 13.7. The van der Waals surface area contributed by atoms with Gasteiger partial charge in [-0.25, -0.2) is 14.4 Å². The van der Waals surface area contributed by atoms with E-state index < -0.39 is 5.91 Å². The number of carbonyl (C=O) groups is 2. The maximum Gasteiger partial charge on any atom is 0.290 e. The third-order valence-electron chi connectivity index (χ3n) is 5.34. The number of thioether (sulfide) groups is 1. The molecule has 2 aromatic rings.